The third-order valence-electron chi connectivity index (χ3n) is 4.41. The molecule has 1 aliphatic heterocycles. The standard InChI is InChI=1S/C22H27NO3/c1-22(2,3)26-21(24)23-14-19-12-8-7-11-18(19)13-20(23)16-25-15-17-9-5-4-6-10-17/h4-12,20H,13-16H2,1-3H3/t20-/m0/s1. The highest BCUT2D eigenvalue weighted by atomic mass is 16.6. The van der Waals surface area contributed by atoms with Crippen LogP contribution in [-0.4, -0.2) is 29.2 Å². The number of fused-ring (bicyclic) bond motifs is 1. The van der Waals surface area contributed by atoms with Crippen molar-refractivity contribution in [2.45, 2.75) is 52.0 Å². The number of benzene rings is 2. The maximum Gasteiger partial charge on any atom is 0.410 e. The summed E-state index contributed by atoms with van der Waals surface area (Å²) in [7, 11) is 0. The van der Waals surface area contributed by atoms with Crippen LogP contribution in [0.1, 0.15) is 37.5 Å². The molecule has 138 valence electrons. The molecular weight excluding hydrogens is 326 g/mol. The van der Waals surface area contributed by atoms with E-state index in [9.17, 15) is 4.79 Å². The van der Waals surface area contributed by atoms with Crippen molar-refractivity contribution in [3.8, 4) is 0 Å². The van der Waals surface area contributed by atoms with Crippen LogP contribution >= 0.6 is 0 Å². The normalized spacial score (nSPS) is 16.9. The van der Waals surface area contributed by atoms with Crippen molar-refractivity contribution in [1.82, 2.24) is 4.90 Å². The van der Waals surface area contributed by atoms with Crippen molar-refractivity contribution in [2.24, 2.45) is 0 Å². The van der Waals surface area contributed by atoms with Crippen LogP contribution in [0.15, 0.2) is 54.6 Å². The van der Waals surface area contributed by atoms with E-state index in [-0.39, 0.29) is 12.1 Å². The number of carbonyl (C=O) groups excluding carboxylic acids is 1. The molecule has 0 aromatic heterocycles. The Morgan fingerprint density at radius 1 is 1.04 bits per heavy atom. The van der Waals surface area contributed by atoms with E-state index < -0.39 is 5.60 Å². The van der Waals surface area contributed by atoms with Gasteiger partial charge in [0.2, 0.25) is 0 Å². The molecule has 0 fully saturated rings. The number of rotatable bonds is 4. The molecule has 1 amide bonds. The van der Waals surface area contributed by atoms with Crippen LogP contribution < -0.4 is 0 Å². The zero-order valence-corrected chi connectivity index (χ0v) is 15.8. The minimum atomic E-state index is -0.510. The Bertz CT molecular complexity index is 737. The summed E-state index contributed by atoms with van der Waals surface area (Å²) in [5.41, 5.74) is 3.08. The predicted octanol–water partition coefficient (Wildman–Crippen LogP) is 4.57. The van der Waals surface area contributed by atoms with Crippen LogP contribution in [0, 0.1) is 0 Å². The van der Waals surface area contributed by atoms with Gasteiger partial charge in [-0.25, -0.2) is 4.79 Å². The fourth-order valence-corrected chi connectivity index (χ4v) is 3.16. The number of carbonyl (C=O) groups is 1. The molecule has 0 aliphatic carbocycles. The Hall–Kier alpha value is -2.33. The fraction of sp³-hybridized carbons (Fsp3) is 0.409. The SMILES string of the molecule is CC(C)(C)OC(=O)N1Cc2ccccc2C[C@H]1COCc1ccccc1. The summed E-state index contributed by atoms with van der Waals surface area (Å²) in [5, 5.41) is 0. The lowest BCUT2D eigenvalue weighted by atomic mass is 9.94. The van der Waals surface area contributed by atoms with E-state index >= 15 is 0 Å². The molecule has 4 nitrogen and oxygen atoms in total. The van der Waals surface area contributed by atoms with Crippen LogP contribution in [0.5, 0.6) is 0 Å². The molecule has 0 saturated carbocycles. The Balaban J connectivity index is 1.70. The summed E-state index contributed by atoms with van der Waals surface area (Å²) in [6.07, 6.45) is 0.504. The van der Waals surface area contributed by atoms with E-state index in [0.717, 1.165) is 12.0 Å². The van der Waals surface area contributed by atoms with Gasteiger partial charge >= 0.3 is 6.09 Å². The van der Waals surface area contributed by atoms with E-state index in [0.29, 0.717) is 19.8 Å². The molecule has 0 spiro atoms. The molecule has 1 heterocycles. The summed E-state index contributed by atoms with van der Waals surface area (Å²) >= 11 is 0. The van der Waals surface area contributed by atoms with Gasteiger partial charge in [0.05, 0.1) is 19.3 Å². The topological polar surface area (TPSA) is 38.8 Å². The van der Waals surface area contributed by atoms with E-state index in [1.54, 1.807) is 4.90 Å². The molecule has 0 radical (unpaired) electrons. The van der Waals surface area contributed by atoms with Crippen molar-refractivity contribution in [1.29, 1.82) is 0 Å². The van der Waals surface area contributed by atoms with E-state index in [2.05, 4.69) is 12.1 Å². The third kappa shape index (κ3) is 4.85. The number of hydrogen-bond acceptors (Lipinski definition) is 3. The van der Waals surface area contributed by atoms with Crippen LogP contribution in [0.3, 0.4) is 0 Å². The summed E-state index contributed by atoms with van der Waals surface area (Å²) < 4.78 is 11.6. The minimum absolute atomic E-state index is 0.0246. The molecule has 0 bridgehead atoms. The summed E-state index contributed by atoms with van der Waals surface area (Å²) in [6, 6.07) is 18.3. The summed E-state index contributed by atoms with van der Waals surface area (Å²) in [6.45, 7) is 7.27. The Morgan fingerprint density at radius 3 is 2.38 bits per heavy atom. The van der Waals surface area contributed by atoms with Crippen molar-refractivity contribution < 1.29 is 14.3 Å². The molecule has 3 rings (SSSR count). The quantitative estimate of drug-likeness (QED) is 0.808. The van der Waals surface area contributed by atoms with Crippen molar-refractivity contribution in [3.05, 3.63) is 71.3 Å². The first-order valence-corrected chi connectivity index (χ1v) is 9.10. The highest BCUT2D eigenvalue weighted by Crippen LogP contribution is 2.25. The lowest BCUT2D eigenvalue weighted by Crippen LogP contribution is -2.48. The van der Waals surface area contributed by atoms with Crippen molar-refractivity contribution in [2.75, 3.05) is 6.61 Å². The van der Waals surface area contributed by atoms with Crippen LogP contribution in [0.25, 0.3) is 0 Å². The van der Waals surface area contributed by atoms with Gasteiger partial charge in [-0.05, 0) is 43.9 Å². The minimum Gasteiger partial charge on any atom is -0.444 e. The zero-order chi connectivity index (χ0) is 18.6. The van der Waals surface area contributed by atoms with Crippen molar-refractivity contribution in [3.63, 3.8) is 0 Å². The Kier molecular flexibility index (Phi) is 5.62. The van der Waals surface area contributed by atoms with E-state index in [1.165, 1.54) is 11.1 Å². The Morgan fingerprint density at radius 2 is 1.69 bits per heavy atom. The molecule has 4 heteroatoms. The molecule has 1 aliphatic rings. The van der Waals surface area contributed by atoms with Gasteiger partial charge in [-0.15, -0.1) is 0 Å². The first-order chi connectivity index (χ1) is 12.4. The fourth-order valence-electron chi connectivity index (χ4n) is 3.16. The van der Waals surface area contributed by atoms with Crippen molar-refractivity contribution >= 4 is 6.09 Å². The third-order valence-corrected chi connectivity index (χ3v) is 4.41. The molecule has 2 aromatic rings. The lowest BCUT2D eigenvalue weighted by Gasteiger charge is -2.37. The molecule has 0 saturated heterocycles. The zero-order valence-electron chi connectivity index (χ0n) is 15.8. The maximum atomic E-state index is 12.7. The molecule has 0 unspecified atom stereocenters. The number of amides is 1. The summed E-state index contributed by atoms with van der Waals surface area (Å²) in [5.74, 6) is 0. The number of nitrogens with zero attached hydrogens (tertiary/aromatic N) is 1. The smallest absolute Gasteiger partial charge is 0.410 e. The molecular formula is C22H27NO3. The average Bonchev–Trinajstić information content (AvgIpc) is 2.60. The van der Waals surface area contributed by atoms with Crippen LogP contribution in [-0.2, 0) is 29.0 Å². The van der Waals surface area contributed by atoms with Gasteiger partial charge in [-0.3, -0.25) is 4.90 Å². The number of ether oxygens (including phenoxy) is 2. The van der Waals surface area contributed by atoms with Gasteiger partial charge in [0, 0.05) is 6.54 Å². The van der Waals surface area contributed by atoms with Gasteiger partial charge in [0.1, 0.15) is 5.60 Å². The summed E-state index contributed by atoms with van der Waals surface area (Å²) in [4.78, 5) is 14.5. The maximum absolute atomic E-state index is 12.7. The van der Waals surface area contributed by atoms with Crippen LogP contribution in [0.4, 0.5) is 4.79 Å². The van der Waals surface area contributed by atoms with E-state index in [4.69, 9.17) is 9.47 Å². The number of hydrogen-bond donors (Lipinski definition) is 0. The monoisotopic (exact) mass is 353 g/mol. The lowest BCUT2D eigenvalue weighted by molar-refractivity contribution is -0.00633. The highest BCUT2D eigenvalue weighted by molar-refractivity contribution is 5.69. The van der Waals surface area contributed by atoms with E-state index in [1.807, 2.05) is 63.2 Å². The highest BCUT2D eigenvalue weighted by Gasteiger charge is 2.32. The largest absolute Gasteiger partial charge is 0.444 e. The Labute approximate surface area is 155 Å². The van der Waals surface area contributed by atoms with Gasteiger partial charge < -0.3 is 9.47 Å². The molecule has 0 N–H and O–H groups in total. The second-order valence-corrected chi connectivity index (χ2v) is 7.74. The van der Waals surface area contributed by atoms with Crippen LogP contribution in [0.2, 0.25) is 0 Å². The molecule has 2 aromatic carbocycles. The second-order valence-electron chi connectivity index (χ2n) is 7.74. The first kappa shape index (κ1) is 18.5. The first-order valence-electron chi connectivity index (χ1n) is 9.10. The van der Waals surface area contributed by atoms with Gasteiger partial charge in [-0.1, -0.05) is 54.6 Å². The molecule has 26 heavy (non-hydrogen) atoms. The van der Waals surface area contributed by atoms with Gasteiger partial charge in [0.15, 0.2) is 0 Å². The molecule has 1 atom stereocenters. The second kappa shape index (κ2) is 7.92. The average molecular weight is 353 g/mol. The predicted molar refractivity (Wildman–Crippen MR) is 102 cm³/mol. The van der Waals surface area contributed by atoms with Gasteiger partial charge in [0.25, 0.3) is 0 Å². The van der Waals surface area contributed by atoms with Gasteiger partial charge in [-0.2, -0.15) is 0 Å².